The summed E-state index contributed by atoms with van der Waals surface area (Å²) >= 11 is 1.48. The molecule has 7 rings (SSSR count). The lowest BCUT2D eigenvalue weighted by Gasteiger charge is -2.33. The predicted octanol–water partition coefficient (Wildman–Crippen LogP) is 5.00. The topological polar surface area (TPSA) is 60.0 Å². The number of anilines is 2. The Morgan fingerprint density at radius 1 is 0.976 bits per heavy atom. The summed E-state index contributed by atoms with van der Waals surface area (Å²) in [7, 11) is 2.21. The maximum atomic E-state index is 13.7. The van der Waals surface area contributed by atoms with E-state index in [4.69, 9.17) is 4.98 Å². The number of aromatic nitrogens is 1. The first kappa shape index (κ1) is 26.7. The molecule has 0 spiro atoms. The average Bonchev–Trinajstić information content (AvgIpc) is 3.58. The molecule has 2 amide bonds. The number of pyridine rings is 1. The zero-order chi connectivity index (χ0) is 28.5. The molecule has 2 aromatic heterocycles. The molecule has 2 bridgehead atoms. The molecule has 3 aliphatic heterocycles. The molecule has 4 unspecified atom stereocenters. The van der Waals surface area contributed by atoms with Crippen LogP contribution in [0.2, 0.25) is 0 Å². The molecule has 1 saturated carbocycles. The van der Waals surface area contributed by atoms with Crippen LogP contribution in [0.3, 0.4) is 0 Å². The highest BCUT2D eigenvalue weighted by Gasteiger charge is 2.57. The summed E-state index contributed by atoms with van der Waals surface area (Å²) in [6.45, 7) is 10.9. The van der Waals surface area contributed by atoms with Crippen molar-refractivity contribution >= 4 is 34.7 Å². The van der Waals surface area contributed by atoms with Gasteiger partial charge in [-0.2, -0.15) is 0 Å². The van der Waals surface area contributed by atoms with E-state index in [1.807, 2.05) is 45.6 Å². The maximum absolute atomic E-state index is 13.7. The number of benzene rings is 1. The van der Waals surface area contributed by atoms with Crippen LogP contribution in [0.25, 0.3) is 0 Å². The molecule has 4 fully saturated rings. The van der Waals surface area contributed by atoms with Crippen molar-refractivity contribution in [1.29, 1.82) is 0 Å². The first-order valence-electron chi connectivity index (χ1n) is 14.9. The fraction of sp³-hybridized carbons (Fsp3) is 0.485. The number of amides is 2. The van der Waals surface area contributed by atoms with Crippen molar-refractivity contribution in [2.24, 2.45) is 17.8 Å². The van der Waals surface area contributed by atoms with Gasteiger partial charge in [-0.3, -0.25) is 14.5 Å². The fourth-order valence-corrected chi connectivity index (χ4v) is 7.96. The molecule has 4 atom stereocenters. The Balaban J connectivity index is 1.03. The van der Waals surface area contributed by atoms with Gasteiger partial charge in [0.1, 0.15) is 5.82 Å². The van der Waals surface area contributed by atoms with Gasteiger partial charge in [0.15, 0.2) is 0 Å². The van der Waals surface area contributed by atoms with Crippen molar-refractivity contribution in [2.45, 2.75) is 44.7 Å². The van der Waals surface area contributed by atoms with Crippen LogP contribution in [-0.4, -0.2) is 78.5 Å². The van der Waals surface area contributed by atoms with Gasteiger partial charge in [0.2, 0.25) is 0 Å². The summed E-state index contributed by atoms with van der Waals surface area (Å²) in [5, 5.41) is 1.95. The number of likely N-dealkylation sites (tertiary alicyclic amines) is 2. The fourth-order valence-electron chi connectivity index (χ4n) is 7.29. The van der Waals surface area contributed by atoms with Gasteiger partial charge in [-0.25, -0.2) is 4.98 Å². The summed E-state index contributed by atoms with van der Waals surface area (Å²) < 4.78 is 0. The van der Waals surface area contributed by atoms with Crippen molar-refractivity contribution < 1.29 is 9.59 Å². The highest BCUT2D eigenvalue weighted by molar-refractivity contribution is 7.12. The van der Waals surface area contributed by atoms with E-state index in [1.54, 1.807) is 0 Å². The lowest BCUT2D eigenvalue weighted by molar-refractivity contribution is 0.0766. The van der Waals surface area contributed by atoms with Gasteiger partial charge in [-0.1, -0.05) is 39.0 Å². The molecule has 0 N–H and O–H groups in total. The monoisotopic (exact) mass is 569 g/mol. The minimum Gasteiger partial charge on any atom is -0.351 e. The summed E-state index contributed by atoms with van der Waals surface area (Å²) in [6.07, 6.45) is 3.08. The molecule has 8 heteroatoms. The third-order valence-electron chi connectivity index (χ3n) is 9.88. The lowest BCUT2D eigenvalue weighted by Crippen LogP contribution is -2.44. The normalized spacial score (nSPS) is 26.9. The summed E-state index contributed by atoms with van der Waals surface area (Å²) in [5.74, 6) is 2.44. The van der Waals surface area contributed by atoms with E-state index >= 15 is 0 Å². The van der Waals surface area contributed by atoms with Crippen molar-refractivity contribution in [3.63, 3.8) is 0 Å². The van der Waals surface area contributed by atoms with Crippen LogP contribution in [0.1, 0.15) is 52.8 Å². The number of hydrogen-bond acceptors (Lipinski definition) is 6. The van der Waals surface area contributed by atoms with Crippen molar-refractivity contribution in [2.75, 3.05) is 49.6 Å². The second-order valence-electron chi connectivity index (χ2n) is 13.4. The van der Waals surface area contributed by atoms with Crippen molar-refractivity contribution in [3.05, 3.63) is 76.1 Å². The first-order chi connectivity index (χ1) is 19.7. The van der Waals surface area contributed by atoms with Crippen LogP contribution in [-0.2, 0) is 5.41 Å². The van der Waals surface area contributed by atoms with Crippen molar-refractivity contribution in [1.82, 2.24) is 14.8 Å². The predicted molar refractivity (Wildman–Crippen MR) is 164 cm³/mol. The Hall–Kier alpha value is -3.23. The van der Waals surface area contributed by atoms with Crippen molar-refractivity contribution in [3.8, 4) is 0 Å². The second kappa shape index (κ2) is 9.95. The minimum atomic E-state index is 0.0354. The zero-order valence-corrected chi connectivity index (χ0v) is 25.2. The van der Waals surface area contributed by atoms with Crippen LogP contribution in [0.15, 0.2) is 60.1 Å². The number of carbonyl (C=O) groups excluding carboxylic acids is 2. The van der Waals surface area contributed by atoms with Crippen LogP contribution in [0, 0.1) is 17.8 Å². The number of hydrogen-bond donors (Lipinski definition) is 0. The van der Waals surface area contributed by atoms with Crippen LogP contribution < -0.4 is 9.80 Å². The SMILES string of the molecule is CN1CC2CC1CN2c1ccc(N(CC2C3CN(C(=O)c4ccc(C(C)(C)C)cc4)CC32)C(=O)c2cccs2)cn1. The number of likely N-dealkylation sites (N-methyl/N-ethyl adjacent to an activating group) is 1. The first-order valence-corrected chi connectivity index (χ1v) is 15.7. The zero-order valence-electron chi connectivity index (χ0n) is 24.4. The number of thiophene rings is 1. The van der Waals surface area contributed by atoms with Gasteiger partial charge >= 0.3 is 0 Å². The Labute approximate surface area is 246 Å². The number of carbonyl (C=O) groups is 2. The molecule has 7 nitrogen and oxygen atoms in total. The molecule has 214 valence electrons. The van der Waals surface area contributed by atoms with E-state index in [0.29, 0.717) is 36.4 Å². The molecular formula is C33H39N5O2S. The molecule has 1 aliphatic carbocycles. The molecule has 41 heavy (non-hydrogen) atoms. The standard InChI is InChI=1S/C33H39N5O2S/c1-33(2,3)22-9-7-21(8-10-22)31(39)36-18-26-27(19-36)28(26)20-38(32(40)29-6-5-13-41-29)23-11-12-30(34-15-23)37-17-24-14-25(37)16-35(24)4/h5-13,15,24-28H,14,16-20H2,1-4H3. The molecule has 1 aromatic carbocycles. The van der Waals surface area contributed by atoms with Gasteiger partial charge in [0.05, 0.1) is 16.8 Å². The molecular weight excluding hydrogens is 530 g/mol. The third kappa shape index (κ3) is 4.85. The van der Waals surface area contributed by atoms with E-state index in [2.05, 4.69) is 61.9 Å². The lowest BCUT2D eigenvalue weighted by atomic mass is 9.86. The number of piperazine rings is 1. The molecule has 3 aromatic rings. The number of nitrogens with zero attached hydrogens (tertiary/aromatic N) is 5. The van der Waals surface area contributed by atoms with E-state index < -0.39 is 0 Å². The maximum Gasteiger partial charge on any atom is 0.268 e. The highest BCUT2D eigenvalue weighted by Crippen LogP contribution is 2.52. The number of piperidine rings is 1. The largest absolute Gasteiger partial charge is 0.351 e. The van der Waals surface area contributed by atoms with Gasteiger partial charge < -0.3 is 14.7 Å². The van der Waals surface area contributed by atoms with Gasteiger partial charge in [0.25, 0.3) is 11.8 Å². The van der Waals surface area contributed by atoms with Crippen LogP contribution in [0.5, 0.6) is 0 Å². The summed E-state index contributed by atoms with van der Waals surface area (Å²) in [6, 6.07) is 17.2. The van der Waals surface area contributed by atoms with Gasteiger partial charge in [0, 0.05) is 50.4 Å². The minimum absolute atomic E-state index is 0.0354. The smallest absolute Gasteiger partial charge is 0.268 e. The summed E-state index contributed by atoms with van der Waals surface area (Å²) in [5.41, 5.74) is 2.91. The van der Waals surface area contributed by atoms with Crippen LogP contribution >= 0.6 is 11.3 Å². The highest BCUT2D eigenvalue weighted by atomic mass is 32.1. The van der Waals surface area contributed by atoms with E-state index in [9.17, 15) is 9.59 Å². The Bertz CT molecular complexity index is 1420. The molecule has 0 radical (unpaired) electrons. The van der Waals surface area contributed by atoms with Gasteiger partial charge in [-0.05, 0) is 77.9 Å². The Kier molecular flexibility index (Phi) is 6.47. The second-order valence-corrected chi connectivity index (χ2v) is 14.4. The van der Waals surface area contributed by atoms with Crippen LogP contribution in [0.4, 0.5) is 11.5 Å². The molecule has 4 aliphatic rings. The average molecular weight is 570 g/mol. The van der Waals surface area contributed by atoms with E-state index in [-0.39, 0.29) is 17.2 Å². The van der Waals surface area contributed by atoms with E-state index in [1.165, 1.54) is 23.3 Å². The quantitative estimate of drug-likeness (QED) is 0.418. The number of rotatable bonds is 6. The Morgan fingerprint density at radius 2 is 1.73 bits per heavy atom. The Morgan fingerprint density at radius 3 is 2.29 bits per heavy atom. The number of fused-ring (bicyclic) bond motifs is 3. The van der Waals surface area contributed by atoms with Gasteiger partial charge in [-0.15, -0.1) is 11.3 Å². The molecule has 5 heterocycles. The molecule has 3 saturated heterocycles. The summed E-state index contributed by atoms with van der Waals surface area (Å²) in [4.78, 5) is 41.3. The van der Waals surface area contributed by atoms with E-state index in [0.717, 1.165) is 48.1 Å². The third-order valence-corrected chi connectivity index (χ3v) is 10.7.